The molecule has 0 spiro atoms. The van der Waals surface area contributed by atoms with Crippen LogP contribution >= 0.6 is 23.7 Å². The molecule has 3 rings (SSSR count). The van der Waals surface area contributed by atoms with Crippen LogP contribution in [0.5, 0.6) is 5.75 Å². The van der Waals surface area contributed by atoms with Gasteiger partial charge in [-0.25, -0.2) is 4.98 Å². The van der Waals surface area contributed by atoms with Crippen LogP contribution < -0.4 is 9.64 Å². The number of halogens is 1. The summed E-state index contributed by atoms with van der Waals surface area (Å²) in [4.78, 5) is 22.1. The van der Waals surface area contributed by atoms with E-state index in [-0.39, 0.29) is 18.3 Å². The molecule has 0 aliphatic carbocycles. The maximum Gasteiger partial charge on any atom is 0.233 e. The highest BCUT2D eigenvalue weighted by Crippen LogP contribution is 2.32. The molecule has 5 nitrogen and oxygen atoms in total. The fourth-order valence-corrected chi connectivity index (χ4v) is 4.28. The first-order valence-corrected chi connectivity index (χ1v) is 11.1. The average Bonchev–Trinajstić information content (AvgIpc) is 3.15. The van der Waals surface area contributed by atoms with Gasteiger partial charge in [-0.3, -0.25) is 9.69 Å². The Bertz CT molecular complexity index is 929. The lowest BCUT2D eigenvalue weighted by atomic mass is 10.1. The van der Waals surface area contributed by atoms with Gasteiger partial charge >= 0.3 is 0 Å². The second kappa shape index (κ2) is 11.9. The first kappa shape index (κ1) is 24.1. The van der Waals surface area contributed by atoms with Crippen LogP contribution in [0, 0.1) is 0 Å². The summed E-state index contributed by atoms with van der Waals surface area (Å²) in [7, 11) is 0. The Balaban J connectivity index is 0.00000320. The Hall–Kier alpha value is -2.15. The predicted molar refractivity (Wildman–Crippen MR) is 128 cm³/mol. The normalized spacial score (nSPS) is 10.8. The third kappa shape index (κ3) is 6.17. The maximum absolute atomic E-state index is 13.2. The van der Waals surface area contributed by atoms with Gasteiger partial charge in [0, 0.05) is 13.1 Å². The van der Waals surface area contributed by atoms with E-state index in [1.165, 1.54) is 0 Å². The molecule has 1 aromatic heterocycles. The molecule has 0 aliphatic rings. The van der Waals surface area contributed by atoms with E-state index in [0.717, 1.165) is 46.3 Å². The van der Waals surface area contributed by atoms with Crippen molar-refractivity contribution in [2.75, 3.05) is 37.7 Å². The largest absolute Gasteiger partial charge is 0.494 e. The van der Waals surface area contributed by atoms with Crippen LogP contribution in [0.1, 0.15) is 26.3 Å². The Labute approximate surface area is 189 Å². The Morgan fingerprint density at radius 3 is 2.43 bits per heavy atom. The van der Waals surface area contributed by atoms with Crippen LogP contribution in [0.3, 0.4) is 0 Å². The summed E-state index contributed by atoms with van der Waals surface area (Å²) in [5, 5.41) is 0.752. The highest BCUT2D eigenvalue weighted by atomic mass is 35.5. The van der Waals surface area contributed by atoms with Crippen LogP contribution in [0.2, 0.25) is 0 Å². The summed E-state index contributed by atoms with van der Waals surface area (Å²) in [5.41, 5.74) is 1.92. The molecule has 0 saturated heterocycles. The van der Waals surface area contributed by atoms with Gasteiger partial charge < -0.3 is 9.64 Å². The van der Waals surface area contributed by atoms with Crippen molar-refractivity contribution in [1.29, 1.82) is 0 Å². The van der Waals surface area contributed by atoms with E-state index in [9.17, 15) is 4.79 Å². The Morgan fingerprint density at radius 1 is 1.03 bits per heavy atom. The molecule has 0 bridgehead atoms. The van der Waals surface area contributed by atoms with Gasteiger partial charge in [0.15, 0.2) is 5.13 Å². The molecule has 0 saturated carbocycles. The number of carbonyl (C=O) groups is 1. The fraction of sp³-hybridized carbons (Fsp3) is 0.391. The van der Waals surface area contributed by atoms with Gasteiger partial charge in [-0.05, 0) is 43.8 Å². The number of carbonyl (C=O) groups excluding carboxylic acids is 1. The molecule has 0 fully saturated rings. The van der Waals surface area contributed by atoms with Crippen molar-refractivity contribution in [1.82, 2.24) is 9.88 Å². The number of rotatable bonds is 10. The molecule has 0 radical (unpaired) electrons. The van der Waals surface area contributed by atoms with Crippen molar-refractivity contribution in [3.8, 4) is 5.75 Å². The van der Waals surface area contributed by atoms with Crippen LogP contribution in [-0.4, -0.2) is 48.6 Å². The molecular formula is C23H30ClN3O2S. The van der Waals surface area contributed by atoms with E-state index in [0.29, 0.717) is 19.6 Å². The number of anilines is 1. The van der Waals surface area contributed by atoms with Gasteiger partial charge in [-0.2, -0.15) is 0 Å². The van der Waals surface area contributed by atoms with Crippen molar-refractivity contribution in [3.63, 3.8) is 0 Å². The van der Waals surface area contributed by atoms with Crippen molar-refractivity contribution in [2.45, 2.75) is 27.2 Å². The second-order valence-corrected chi connectivity index (χ2v) is 7.80. The van der Waals surface area contributed by atoms with Gasteiger partial charge in [0.05, 0.1) is 23.2 Å². The molecule has 1 amide bonds. The SMILES string of the molecule is CCOc1ccc2nc(N(CCN(CC)CC)C(=O)Cc3ccccc3)sc2c1.Cl. The van der Waals surface area contributed by atoms with Gasteiger partial charge in [-0.1, -0.05) is 55.5 Å². The average molecular weight is 448 g/mol. The van der Waals surface area contributed by atoms with E-state index < -0.39 is 0 Å². The highest BCUT2D eigenvalue weighted by Gasteiger charge is 2.21. The Kier molecular flexibility index (Phi) is 9.56. The fourth-order valence-electron chi connectivity index (χ4n) is 3.24. The minimum atomic E-state index is 0. The number of amides is 1. The lowest BCUT2D eigenvalue weighted by Gasteiger charge is -2.24. The topological polar surface area (TPSA) is 45.7 Å². The highest BCUT2D eigenvalue weighted by molar-refractivity contribution is 7.22. The molecule has 0 N–H and O–H groups in total. The molecule has 1 heterocycles. The van der Waals surface area contributed by atoms with E-state index in [1.807, 2.05) is 60.4 Å². The summed E-state index contributed by atoms with van der Waals surface area (Å²) in [6.07, 6.45) is 0.374. The van der Waals surface area contributed by atoms with Crippen LogP contribution in [0.25, 0.3) is 10.2 Å². The van der Waals surface area contributed by atoms with Crippen LogP contribution in [-0.2, 0) is 11.2 Å². The molecule has 0 unspecified atom stereocenters. The first-order valence-electron chi connectivity index (χ1n) is 10.2. The number of ether oxygens (including phenoxy) is 1. The zero-order valence-corrected chi connectivity index (χ0v) is 19.5. The summed E-state index contributed by atoms with van der Waals surface area (Å²) in [6.45, 7) is 10.3. The second-order valence-electron chi connectivity index (χ2n) is 6.79. The van der Waals surface area contributed by atoms with Crippen LogP contribution in [0.4, 0.5) is 5.13 Å². The summed E-state index contributed by atoms with van der Waals surface area (Å²) in [6, 6.07) is 15.8. The molecule has 3 aromatic rings. The van der Waals surface area contributed by atoms with Crippen molar-refractivity contribution < 1.29 is 9.53 Å². The zero-order chi connectivity index (χ0) is 20.6. The minimum Gasteiger partial charge on any atom is -0.494 e. The Morgan fingerprint density at radius 2 is 1.77 bits per heavy atom. The summed E-state index contributed by atoms with van der Waals surface area (Å²) in [5.74, 6) is 0.910. The molecule has 30 heavy (non-hydrogen) atoms. The number of likely N-dealkylation sites (N-methyl/N-ethyl adjacent to an activating group) is 1. The monoisotopic (exact) mass is 447 g/mol. The lowest BCUT2D eigenvalue weighted by molar-refractivity contribution is -0.118. The zero-order valence-electron chi connectivity index (χ0n) is 17.8. The number of thiazole rings is 1. The third-order valence-corrected chi connectivity index (χ3v) is 5.97. The maximum atomic E-state index is 13.2. The van der Waals surface area contributed by atoms with E-state index in [2.05, 4.69) is 18.7 Å². The molecule has 162 valence electrons. The van der Waals surface area contributed by atoms with E-state index in [4.69, 9.17) is 9.72 Å². The summed E-state index contributed by atoms with van der Waals surface area (Å²) < 4.78 is 6.64. The number of hydrogen-bond acceptors (Lipinski definition) is 5. The quantitative estimate of drug-likeness (QED) is 0.437. The number of nitrogens with zero attached hydrogens (tertiary/aromatic N) is 3. The molecule has 2 aromatic carbocycles. The van der Waals surface area contributed by atoms with Gasteiger partial charge in [-0.15, -0.1) is 12.4 Å². The van der Waals surface area contributed by atoms with Crippen LogP contribution in [0.15, 0.2) is 48.5 Å². The van der Waals surface area contributed by atoms with Gasteiger partial charge in [0.2, 0.25) is 5.91 Å². The first-order chi connectivity index (χ1) is 14.1. The van der Waals surface area contributed by atoms with Crippen molar-refractivity contribution in [2.24, 2.45) is 0 Å². The number of aromatic nitrogens is 1. The van der Waals surface area contributed by atoms with Gasteiger partial charge in [0.1, 0.15) is 5.75 Å². The third-order valence-electron chi connectivity index (χ3n) is 4.92. The van der Waals surface area contributed by atoms with E-state index in [1.54, 1.807) is 11.3 Å². The number of hydrogen-bond donors (Lipinski definition) is 0. The molecular weight excluding hydrogens is 418 g/mol. The van der Waals surface area contributed by atoms with E-state index >= 15 is 0 Å². The molecule has 7 heteroatoms. The minimum absolute atomic E-state index is 0. The summed E-state index contributed by atoms with van der Waals surface area (Å²) >= 11 is 1.55. The number of benzene rings is 2. The predicted octanol–water partition coefficient (Wildman–Crippen LogP) is 5.03. The number of fused-ring (bicyclic) bond motifs is 1. The lowest BCUT2D eigenvalue weighted by Crippen LogP contribution is -2.39. The van der Waals surface area contributed by atoms with Gasteiger partial charge in [0.25, 0.3) is 0 Å². The van der Waals surface area contributed by atoms with Crippen molar-refractivity contribution >= 4 is 45.0 Å². The standard InChI is InChI=1S/C23H29N3O2S.ClH/c1-4-25(5-2)14-15-26(22(27)16-18-10-8-7-9-11-18)23-24-20-13-12-19(28-6-3)17-21(20)29-23;/h7-13,17H,4-6,14-16H2,1-3H3;1H. The van der Waals surface area contributed by atoms with Crippen molar-refractivity contribution in [3.05, 3.63) is 54.1 Å². The smallest absolute Gasteiger partial charge is 0.233 e. The molecule has 0 atom stereocenters. The molecule has 0 aliphatic heterocycles.